The molecule has 1 aromatic carbocycles. The van der Waals surface area contributed by atoms with Gasteiger partial charge in [0.2, 0.25) is 0 Å². The van der Waals surface area contributed by atoms with Crippen LogP contribution in [-0.4, -0.2) is 37.8 Å². The topological polar surface area (TPSA) is 76.7 Å². The summed E-state index contributed by atoms with van der Waals surface area (Å²) in [6, 6.07) is 7.66. The third-order valence-corrected chi connectivity index (χ3v) is 4.67. The molecule has 8 heteroatoms. The molecule has 0 aliphatic carbocycles. The Kier molecular flexibility index (Phi) is 6.51. The summed E-state index contributed by atoms with van der Waals surface area (Å²) < 4.78 is 10.4. The van der Waals surface area contributed by atoms with E-state index in [-0.39, 0.29) is 5.97 Å². The first kappa shape index (κ1) is 18.2. The first-order valence-electron chi connectivity index (χ1n) is 7.28. The number of esters is 2. The highest BCUT2D eigenvalue weighted by Gasteiger charge is 2.19. The number of thiophene rings is 1. The fourth-order valence-electron chi connectivity index (χ4n) is 2.10. The molecule has 6 nitrogen and oxygen atoms in total. The minimum Gasteiger partial charge on any atom is -0.469 e. The van der Waals surface area contributed by atoms with Gasteiger partial charge >= 0.3 is 11.9 Å². The van der Waals surface area contributed by atoms with Gasteiger partial charge in [-0.15, -0.1) is 11.3 Å². The minimum absolute atomic E-state index is 0.257. The van der Waals surface area contributed by atoms with E-state index >= 15 is 0 Å². The number of carbonyl (C=O) groups excluding carboxylic acids is 2. The largest absolute Gasteiger partial charge is 0.469 e. The fraction of sp³-hybridized carbons (Fsp3) is 0.312. The van der Waals surface area contributed by atoms with Gasteiger partial charge in [0.1, 0.15) is 4.88 Å². The van der Waals surface area contributed by atoms with Gasteiger partial charge in [-0.25, -0.2) is 4.79 Å². The number of rotatable bonds is 6. The summed E-state index contributed by atoms with van der Waals surface area (Å²) >= 11 is 6.62. The average molecular weight is 366 g/mol. The van der Waals surface area contributed by atoms with E-state index in [1.54, 1.807) is 0 Å². The van der Waals surface area contributed by atoms with E-state index in [1.165, 1.54) is 25.6 Å². The molecule has 1 aromatic heterocycles. The summed E-state index contributed by atoms with van der Waals surface area (Å²) in [4.78, 5) is 23.5. The molecule has 0 atom stereocenters. The molecule has 0 saturated carbocycles. The molecule has 0 amide bonds. The lowest BCUT2D eigenvalue weighted by atomic mass is 10.2. The van der Waals surface area contributed by atoms with Gasteiger partial charge in [0, 0.05) is 23.1 Å². The molecule has 1 heterocycles. The molecular weight excluding hydrogens is 348 g/mol. The number of hydrogen-bond donors (Lipinski definition) is 2. The number of methoxy groups -OCH3 is 2. The second-order valence-corrected chi connectivity index (χ2v) is 6.31. The Hall–Kier alpha value is -2.19. The number of fused-ring (bicyclic) bond motifs is 1. The summed E-state index contributed by atoms with van der Waals surface area (Å²) in [5, 5.41) is 7.37. The normalized spacial score (nSPS) is 10.2. The van der Waals surface area contributed by atoms with Crippen LogP contribution in [0.15, 0.2) is 24.3 Å². The molecule has 0 spiro atoms. The Bertz CT molecular complexity index is 758. The Labute approximate surface area is 149 Å². The molecule has 0 saturated heterocycles. The van der Waals surface area contributed by atoms with E-state index in [2.05, 4.69) is 15.4 Å². The monoisotopic (exact) mass is 366 g/mol. The summed E-state index contributed by atoms with van der Waals surface area (Å²) in [5.74, 6) is -0.667. The summed E-state index contributed by atoms with van der Waals surface area (Å²) in [5.41, 5.74) is 0.632. The van der Waals surface area contributed by atoms with Crippen LogP contribution >= 0.6 is 23.6 Å². The maximum Gasteiger partial charge on any atom is 0.350 e. The predicted molar refractivity (Wildman–Crippen MR) is 98.6 cm³/mol. The highest BCUT2D eigenvalue weighted by molar-refractivity contribution is 7.80. The molecule has 24 heavy (non-hydrogen) atoms. The molecule has 2 rings (SSSR count). The number of anilines is 1. The fourth-order valence-corrected chi connectivity index (χ4v) is 3.38. The number of carbonyl (C=O) groups is 2. The van der Waals surface area contributed by atoms with E-state index in [1.807, 2.05) is 24.3 Å². The van der Waals surface area contributed by atoms with Crippen molar-refractivity contribution in [3.63, 3.8) is 0 Å². The van der Waals surface area contributed by atoms with Gasteiger partial charge < -0.3 is 20.1 Å². The number of benzene rings is 1. The Morgan fingerprint density at radius 1 is 1.21 bits per heavy atom. The van der Waals surface area contributed by atoms with Crippen LogP contribution in [0.2, 0.25) is 0 Å². The van der Waals surface area contributed by atoms with Crippen molar-refractivity contribution >= 4 is 56.4 Å². The van der Waals surface area contributed by atoms with Crippen molar-refractivity contribution in [2.45, 2.75) is 12.8 Å². The van der Waals surface area contributed by atoms with E-state index in [0.29, 0.717) is 35.1 Å². The van der Waals surface area contributed by atoms with Gasteiger partial charge in [0.15, 0.2) is 5.11 Å². The smallest absolute Gasteiger partial charge is 0.350 e. The summed E-state index contributed by atoms with van der Waals surface area (Å²) in [6.45, 7) is 0.524. The Morgan fingerprint density at radius 3 is 2.67 bits per heavy atom. The first-order valence-corrected chi connectivity index (χ1v) is 8.50. The molecule has 128 valence electrons. The van der Waals surface area contributed by atoms with Crippen LogP contribution in [-0.2, 0) is 14.3 Å². The van der Waals surface area contributed by atoms with Gasteiger partial charge in [-0.1, -0.05) is 18.2 Å². The third-order valence-electron chi connectivity index (χ3n) is 3.28. The standard InChI is InChI=1S/C16H18N2O4S2/c1-21-12(19)8-5-9-17-16(23)18-13-10-6-3-4-7-11(10)24-14(13)15(20)22-2/h3-4,6-7H,5,8-9H2,1-2H3,(H2,17,18,23). The van der Waals surface area contributed by atoms with Crippen molar-refractivity contribution < 1.29 is 19.1 Å². The molecule has 0 radical (unpaired) electrons. The molecule has 2 N–H and O–H groups in total. The molecule has 0 aliphatic rings. The second-order valence-electron chi connectivity index (χ2n) is 4.85. The van der Waals surface area contributed by atoms with Gasteiger partial charge in [0.05, 0.1) is 19.9 Å². The lowest BCUT2D eigenvalue weighted by molar-refractivity contribution is -0.140. The lowest BCUT2D eigenvalue weighted by Gasteiger charge is -2.11. The van der Waals surface area contributed by atoms with Crippen LogP contribution in [0.4, 0.5) is 5.69 Å². The number of nitrogens with one attached hydrogen (secondary N) is 2. The predicted octanol–water partition coefficient (Wildman–Crippen LogP) is 2.93. The van der Waals surface area contributed by atoms with Crippen molar-refractivity contribution in [2.75, 3.05) is 26.1 Å². The number of ether oxygens (including phenoxy) is 2. The molecule has 0 bridgehead atoms. The van der Waals surface area contributed by atoms with E-state index in [9.17, 15) is 9.59 Å². The molecule has 0 fully saturated rings. The second kappa shape index (κ2) is 8.60. The maximum atomic E-state index is 12.0. The van der Waals surface area contributed by atoms with E-state index < -0.39 is 5.97 Å². The highest BCUT2D eigenvalue weighted by Crippen LogP contribution is 2.36. The molecule has 0 unspecified atom stereocenters. The average Bonchev–Trinajstić information content (AvgIpc) is 2.96. The van der Waals surface area contributed by atoms with Crippen LogP contribution in [0.1, 0.15) is 22.5 Å². The van der Waals surface area contributed by atoms with Gasteiger partial charge in [-0.05, 0) is 24.7 Å². The van der Waals surface area contributed by atoms with Gasteiger partial charge in [-0.2, -0.15) is 0 Å². The number of thiocarbonyl (C=S) groups is 1. The first-order chi connectivity index (χ1) is 11.6. The Morgan fingerprint density at radius 2 is 1.96 bits per heavy atom. The van der Waals surface area contributed by atoms with Crippen LogP contribution in [0, 0.1) is 0 Å². The number of hydrogen-bond acceptors (Lipinski definition) is 6. The van der Waals surface area contributed by atoms with E-state index in [4.69, 9.17) is 17.0 Å². The van der Waals surface area contributed by atoms with Gasteiger partial charge in [0.25, 0.3) is 0 Å². The quantitative estimate of drug-likeness (QED) is 0.462. The highest BCUT2D eigenvalue weighted by atomic mass is 32.1. The summed E-state index contributed by atoms with van der Waals surface area (Å²) in [6.07, 6.45) is 0.920. The van der Waals surface area contributed by atoms with Crippen LogP contribution in [0.5, 0.6) is 0 Å². The van der Waals surface area contributed by atoms with Crippen molar-refractivity contribution in [1.82, 2.24) is 5.32 Å². The third kappa shape index (κ3) is 4.42. The van der Waals surface area contributed by atoms with Crippen molar-refractivity contribution in [1.29, 1.82) is 0 Å². The zero-order valence-electron chi connectivity index (χ0n) is 13.4. The zero-order chi connectivity index (χ0) is 17.5. The van der Waals surface area contributed by atoms with Crippen LogP contribution in [0.3, 0.4) is 0 Å². The molecule has 0 aliphatic heterocycles. The lowest BCUT2D eigenvalue weighted by Crippen LogP contribution is -2.30. The Balaban J connectivity index is 2.06. The van der Waals surface area contributed by atoms with Crippen molar-refractivity contribution in [3.8, 4) is 0 Å². The maximum absolute atomic E-state index is 12.0. The van der Waals surface area contributed by atoms with Crippen LogP contribution in [0.25, 0.3) is 10.1 Å². The van der Waals surface area contributed by atoms with E-state index in [0.717, 1.165) is 10.1 Å². The minimum atomic E-state index is -0.410. The van der Waals surface area contributed by atoms with Crippen molar-refractivity contribution in [2.24, 2.45) is 0 Å². The zero-order valence-corrected chi connectivity index (χ0v) is 15.0. The van der Waals surface area contributed by atoms with Crippen LogP contribution < -0.4 is 10.6 Å². The SMILES string of the molecule is COC(=O)CCCNC(=S)Nc1c(C(=O)OC)sc2ccccc12. The molecular formula is C16H18N2O4S2. The van der Waals surface area contributed by atoms with Crippen molar-refractivity contribution in [3.05, 3.63) is 29.1 Å². The summed E-state index contributed by atoms with van der Waals surface area (Å²) in [7, 11) is 2.71. The van der Waals surface area contributed by atoms with Gasteiger partial charge in [-0.3, -0.25) is 4.79 Å². The molecule has 2 aromatic rings.